The molecule has 1 fully saturated rings. The molecule has 2 unspecified atom stereocenters. The largest absolute Gasteiger partial charge is 0.444 e. The second-order valence-corrected chi connectivity index (χ2v) is 7.67. The number of carbonyl (C=O) groups is 4. The Bertz CT molecular complexity index is 778. The number of rotatable bonds is 2. The quantitative estimate of drug-likeness (QED) is 0.738. The van der Waals surface area contributed by atoms with E-state index in [1.165, 1.54) is 17.0 Å². The van der Waals surface area contributed by atoms with Crippen LogP contribution in [-0.2, 0) is 14.4 Å². The third-order valence-corrected chi connectivity index (χ3v) is 4.62. The highest BCUT2D eigenvalue weighted by Crippen LogP contribution is 2.29. The van der Waals surface area contributed by atoms with E-state index in [1.54, 1.807) is 39.8 Å². The molecule has 1 aromatic carbocycles. The molecule has 0 radical (unpaired) electrons. The molecule has 0 spiro atoms. The van der Waals surface area contributed by atoms with Gasteiger partial charge in [-0.1, -0.05) is 17.2 Å². The fourth-order valence-electron chi connectivity index (χ4n) is 3.24. The summed E-state index contributed by atoms with van der Waals surface area (Å²) in [6, 6.07) is 5.81. The molecule has 0 saturated carbocycles. The molecule has 8 nitrogen and oxygen atoms in total. The Balaban J connectivity index is 1.67. The van der Waals surface area contributed by atoms with Crippen LogP contribution < -0.4 is 0 Å². The van der Waals surface area contributed by atoms with Gasteiger partial charge < -0.3 is 14.5 Å². The summed E-state index contributed by atoms with van der Waals surface area (Å²) < 4.78 is 5.35. The van der Waals surface area contributed by atoms with Crippen LogP contribution in [-0.4, -0.2) is 52.0 Å². The van der Waals surface area contributed by atoms with Gasteiger partial charge in [-0.15, -0.1) is 0 Å². The van der Waals surface area contributed by atoms with E-state index in [0.717, 1.165) is 0 Å². The number of ether oxygens (including phenoxy) is 1. The fourth-order valence-corrected chi connectivity index (χ4v) is 3.24. The third-order valence-electron chi connectivity index (χ3n) is 4.62. The van der Waals surface area contributed by atoms with E-state index in [1.807, 2.05) is 0 Å². The van der Waals surface area contributed by atoms with E-state index in [9.17, 15) is 19.2 Å². The zero-order valence-electron chi connectivity index (χ0n) is 15.7. The molecule has 3 amide bonds. The molecule has 1 aromatic rings. The summed E-state index contributed by atoms with van der Waals surface area (Å²) in [5, 5.41) is 0.496. The zero-order valence-corrected chi connectivity index (χ0v) is 15.7. The summed E-state index contributed by atoms with van der Waals surface area (Å²) in [6.45, 7) is 7.34. The molecule has 1 saturated heterocycles. The Morgan fingerprint density at radius 3 is 2.15 bits per heavy atom. The van der Waals surface area contributed by atoms with Gasteiger partial charge in [-0.3, -0.25) is 9.59 Å². The number of amides is 3. The van der Waals surface area contributed by atoms with Gasteiger partial charge in [0.05, 0.1) is 17.0 Å². The highest BCUT2D eigenvalue weighted by molar-refractivity contribution is 6.20. The Kier molecular flexibility index (Phi) is 4.67. The summed E-state index contributed by atoms with van der Waals surface area (Å²) in [5.41, 5.74) is -0.245. The Morgan fingerprint density at radius 1 is 1.07 bits per heavy atom. The van der Waals surface area contributed by atoms with Crippen molar-refractivity contribution in [3.05, 3.63) is 35.4 Å². The van der Waals surface area contributed by atoms with Crippen molar-refractivity contribution in [3.8, 4) is 0 Å². The number of nitrogens with zero attached hydrogens (tertiary/aromatic N) is 2. The van der Waals surface area contributed by atoms with Crippen LogP contribution in [0.1, 0.15) is 54.8 Å². The molecular weight excluding hydrogens is 352 g/mol. The number of hydrogen-bond acceptors (Lipinski definition) is 6. The molecule has 0 bridgehead atoms. The molecule has 8 heteroatoms. The lowest BCUT2D eigenvalue weighted by Gasteiger charge is -2.28. The summed E-state index contributed by atoms with van der Waals surface area (Å²) in [5.74, 6) is -2.71. The number of imide groups is 1. The van der Waals surface area contributed by atoms with Crippen LogP contribution >= 0.6 is 0 Å². The van der Waals surface area contributed by atoms with Crippen LogP contribution in [0.25, 0.3) is 0 Å². The van der Waals surface area contributed by atoms with E-state index in [2.05, 4.69) is 0 Å². The van der Waals surface area contributed by atoms with Crippen LogP contribution in [0.15, 0.2) is 24.3 Å². The Morgan fingerprint density at radius 2 is 1.63 bits per heavy atom. The van der Waals surface area contributed by atoms with Gasteiger partial charge >= 0.3 is 12.1 Å². The second kappa shape index (κ2) is 6.68. The number of fused-ring (bicyclic) bond motifs is 1. The first-order valence-electron chi connectivity index (χ1n) is 8.79. The van der Waals surface area contributed by atoms with Crippen LogP contribution in [0.4, 0.5) is 4.79 Å². The monoisotopic (exact) mass is 374 g/mol. The van der Waals surface area contributed by atoms with Crippen molar-refractivity contribution >= 4 is 23.9 Å². The van der Waals surface area contributed by atoms with Crippen molar-refractivity contribution in [2.24, 2.45) is 5.92 Å². The van der Waals surface area contributed by atoms with Crippen molar-refractivity contribution < 1.29 is 28.8 Å². The first-order chi connectivity index (χ1) is 12.6. The van der Waals surface area contributed by atoms with E-state index >= 15 is 0 Å². The average Bonchev–Trinajstić information content (AvgIpc) is 3.08. The van der Waals surface area contributed by atoms with Crippen molar-refractivity contribution in [3.63, 3.8) is 0 Å². The van der Waals surface area contributed by atoms with Crippen molar-refractivity contribution in [2.75, 3.05) is 6.54 Å². The minimum atomic E-state index is -0.719. The third kappa shape index (κ3) is 3.51. The lowest BCUT2D eigenvalue weighted by molar-refractivity contribution is -0.174. The van der Waals surface area contributed by atoms with Gasteiger partial charge in [0.25, 0.3) is 11.8 Å². The predicted octanol–water partition coefficient (Wildman–Crippen LogP) is 2.39. The number of hydroxylamine groups is 2. The lowest BCUT2D eigenvalue weighted by Crippen LogP contribution is -2.42. The van der Waals surface area contributed by atoms with E-state index in [-0.39, 0.29) is 11.1 Å². The summed E-state index contributed by atoms with van der Waals surface area (Å²) in [6.07, 6.45) is -0.145. The van der Waals surface area contributed by atoms with Crippen LogP contribution in [0.3, 0.4) is 0 Å². The first-order valence-corrected chi connectivity index (χ1v) is 8.79. The fraction of sp³-hybridized carbons (Fsp3) is 0.474. The molecule has 2 aliphatic heterocycles. The van der Waals surface area contributed by atoms with E-state index < -0.39 is 41.4 Å². The molecule has 0 aromatic heterocycles. The number of carbonyl (C=O) groups excluding carboxylic acids is 4. The smallest absolute Gasteiger partial charge is 0.410 e. The standard InChI is InChI=1S/C19H22N2O6/c1-11-12(9-10-20(11)18(25)26-19(2,3)4)17(24)27-21-15(22)13-7-5-6-8-14(13)16(21)23/h5-8,11-12H,9-10H2,1-4H3. The molecule has 2 atom stereocenters. The summed E-state index contributed by atoms with van der Waals surface area (Å²) in [4.78, 5) is 56.0. The van der Waals surface area contributed by atoms with Crippen molar-refractivity contribution in [1.82, 2.24) is 9.96 Å². The van der Waals surface area contributed by atoms with Crippen molar-refractivity contribution in [2.45, 2.75) is 45.8 Å². The Labute approximate surface area is 157 Å². The molecule has 27 heavy (non-hydrogen) atoms. The first kappa shape index (κ1) is 18.9. The minimum Gasteiger partial charge on any atom is -0.444 e. The lowest BCUT2D eigenvalue weighted by atomic mass is 10.0. The van der Waals surface area contributed by atoms with Gasteiger partial charge in [-0.25, -0.2) is 9.59 Å². The predicted molar refractivity (Wildman–Crippen MR) is 93.5 cm³/mol. The topological polar surface area (TPSA) is 93.2 Å². The average molecular weight is 374 g/mol. The van der Waals surface area contributed by atoms with Crippen LogP contribution in [0.2, 0.25) is 0 Å². The van der Waals surface area contributed by atoms with E-state index in [4.69, 9.17) is 9.57 Å². The Hall–Kier alpha value is -2.90. The highest BCUT2D eigenvalue weighted by atomic mass is 16.7. The SMILES string of the molecule is CC1C(C(=O)ON2C(=O)c3ccccc3C2=O)CCN1C(=O)OC(C)(C)C. The van der Waals surface area contributed by atoms with Gasteiger partial charge in [0, 0.05) is 12.6 Å². The second-order valence-electron chi connectivity index (χ2n) is 7.67. The summed E-state index contributed by atoms with van der Waals surface area (Å²) >= 11 is 0. The maximum absolute atomic E-state index is 12.6. The summed E-state index contributed by atoms with van der Waals surface area (Å²) in [7, 11) is 0. The normalized spacial score (nSPS) is 22.1. The number of benzene rings is 1. The van der Waals surface area contributed by atoms with E-state index in [0.29, 0.717) is 18.0 Å². The van der Waals surface area contributed by atoms with Gasteiger partial charge in [-0.05, 0) is 46.2 Å². The maximum atomic E-state index is 12.6. The molecule has 144 valence electrons. The molecule has 0 N–H and O–H groups in total. The molecule has 2 heterocycles. The van der Waals surface area contributed by atoms with Crippen molar-refractivity contribution in [1.29, 1.82) is 0 Å². The maximum Gasteiger partial charge on any atom is 0.410 e. The zero-order chi connectivity index (χ0) is 19.9. The molecule has 0 aliphatic carbocycles. The minimum absolute atomic E-state index is 0.199. The number of hydrogen-bond donors (Lipinski definition) is 0. The van der Waals surface area contributed by atoms with Gasteiger partial charge in [0.2, 0.25) is 0 Å². The van der Waals surface area contributed by atoms with Crippen LogP contribution in [0, 0.1) is 5.92 Å². The van der Waals surface area contributed by atoms with Gasteiger partial charge in [-0.2, -0.15) is 0 Å². The highest BCUT2D eigenvalue weighted by Gasteiger charge is 2.44. The molecule has 2 aliphatic rings. The van der Waals surface area contributed by atoms with Gasteiger partial charge in [0.15, 0.2) is 0 Å². The molecule has 3 rings (SSSR count). The number of likely N-dealkylation sites (tertiary alicyclic amines) is 1. The van der Waals surface area contributed by atoms with Crippen LogP contribution in [0.5, 0.6) is 0 Å². The molecular formula is C19H22N2O6. The van der Waals surface area contributed by atoms with Gasteiger partial charge in [0.1, 0.15) is 5.60 Å².